The Morgan fingerprint density at radius 3 is 2.62 bits per heavy atom. The number of nitrogens with zero attached hydrogens (tertiary/aromatic N) is 1. The molecule has 2 aromatic rings. The molecular formula is C13H12F2N2O3S. The van der Waals surface area contributed by atoms with Gasteiger partial charge >= 0.3 is 5.00 Å². The van der Waals surface area contributed by atoms with E-state index in [4.69, 9.17) is 0 Å². The summed E-state index contributed by atoms with van der Waals surface area (Å²) in [5.74, 6) is -1.62. The number of halogens is 2. The molecule has 0 aliphatic rings. The molecule has 0 amide bonds. The maximum absolute atomic E-state index is 13.4. The van der Waals surface area contributed by atoms with E-state index >= 15 is 0 Å². The Balaban J connectivity index is 1.92. The number of aliphatic hydroxyl groups is 1. The molecule has 0 spiro atoms. The number of hydrogen-bond donors (Lipinski definition) is 2. The van der Waals surface area contributed by atoms with Crippen LogP contribution < -0.4 is 5.32 Å². The van der Waals surface area contributed by atoms with Gasteiger partial charge in [-0.3, -0.25) is 10.1 Å². The zero-order chi connectivity index (χ0) is 15.4. The molecule has 1 heterocycles. The number of nitrogens with one attached hydrogen (secondary N) is 1. The monoisotopic (exact) mass is 314 g/mol. The first-order valence-corrected chi connectivity index (χ1v) is 6.91. The largest absolute Gasteiger partial charge is 0.387 e. The molecule has 1 atom stereocenters. The van der Waals surface area contributed by atoms with Gasteiger partial charge in [0.1, 0.15) is 11.6 Å². The number of aliphatic hydroxyl groups excluding tert-OH is 1. The first kappa shape index (κ1) is 15.5. The van der Waals surface area contributed by atoms with Gasteiger partial charge in [-0.1, -0.05) is 17.4 Å². The van der Waals surface area contributed by atoms with E-state index in [1.807, 2.05) is 0 Å². The van der Waals surface area contributed by atoms with E-state index in [1.165, 1.54) is 12.1 Å². The van der Waals surface area contributed by atoms with E-state index in [1.54, 1.807) is 5.38 Å². The van der Waals surface area contributed by atoms with Crippen LogP contribution in [-0.2, 0) is 6.54 Å². The number of nitro groups is 1. The SMILES string of the molecule is O=[N+]([O-])c1cc(CNCC(O)c2c(F)cccc2F)cs1. The Labute approximate surface area is 123 Å². The fourth-order valence-electron chi connectivity index (χ4n) is 1.84. The van der Waals surface area contributed by atoms with Crippen LogP contribution in [0.15, 0.2) is 29.6 Å². The van der Waals surface area contributed by atoms with E-state index in [9.17, 15) is 24.0 Å². The van der Waals surface area contributed by atoms with Crippen molar-refractivity contribution < 1.29 is 18.8 Å². The average molecular weight is 314 g/mol. The van der Waals surface area contributed by atoms with Crippen molar-refractivity contribution in [2.75, 3.05) is 6.54 Å². The van der Waals surface area contributed by atoms with Crippen LogP contribution in [0, 0.1) is 21.7 Å². The molecule has 0 aliphatic carbocycles. The van der Waals surface area contributed by atoms with E-state index in [0.29, 0.717) is 5.56 Å². The van der Waals surface area contributed by atoms with Crippen molar-refractivity contribution in [3.63, 3.8) is 0 Å². The summed E-state index contributed by atoms with van der Waals surface area (Å²) in [5.41, 5.74) is 0.286. The van der Waals surface area contributed by atoms with E-state index in [2.05, 4.69) is 5.32 Å². The van der Waals surface area contributed by atoms with Crippen LogP contribution in [0.2, 0.25) is 0 Å². The Kier molecular flexibility index (Phi) is 4.94. The molecule has 1 unspecified atom stereocenters. The van der Waals surface area contributed by atoms with E-state index in [0.717, 1.165) is 23.5 Å². The molecule has 2 rings (SSSR count). The number of rotatable bonds is 6. The first-order valence-electron chi connectivity index (χ1n) is 6.03. The lowest BCUT2D eigenvalue weighted by Gasteiger charge is -2.13. The molecule has 112 valence electrons. The lowest BCUT2D eigenvalue weighted by Crippen LogP contribution is -2.22. The minimum Gasteiger partial charge on any atom is -0.387 e. The molecule has 1 aromatic carbocycles. The first-order chi connectivity index (χ1) is 9.99. The summed E-state index contributed by atoms with van der Waals surface area (Å²) in [7, 11) is 0. The van der Waals surface area contributed by atoms with Crippen LogP contribution in [0.5, 0.6) is 0 Å². The molecule has 2 N–H and O–H groups in total. The summed E-state index contributed by atoms with van der Waals surface area (Å²) < 4.78 is 26.9. The average Bonchev–Trinajstić information content (AvgIpc) is 2.87. The van der Waals surface area contributed by atoms with Gasteiger partial charge in [-0.15, -0.1) is 0 Å². The van der Waals surface area contributed by atoms with E-state index < -0.39 is 22.7 Å². The Morgan fingerprint density at radius 2 is 2.05 bits per heavy atom. The highest BCUT2D eigenvalue weighted by molar-refractivity contribution is 7.13. The topological polar surface area (TPSA) is 75.4 Å². The van der Waals surface area contributed by atoms with Crippen molar-refractivity contribution in [3.05, 3.63) is 62.5 Å². The van der Waals surface area contributed by atoms with Crippen LogP contribution in [0.4, 0.5) is 13.8 Å². The minimum atomic E-state index is -1.33. The maximum Gasteiger partial charge on any atom is 0.324 e. The van der Waals surface area contributed by atoms with Crippen LogP contribution in [0.3, 0.4) is 0 Å². The summed E-state index contributed by atoms with van der Waals surface area (Å²) in [6.45, 7) is 0.193. The van der Waals surface area contributed by atoms with Crippen molar-refractivity contribution in [1.29, 1.82) is 0 Å². The van der Waals surface area contributed by atoms with Gasteiger partial charge in [-0.05, 0) is 17.7 Å². The number of thiophene rings is 1. The van der Waals surface area contributed by atoms with Crippen molar-refractivity contribution in [3.8, 4) is 0 Å². The Hall–Kier alpha value is -1.90. The van der Waals surface area contributed by atoms with Gasteiger partial charge in [0.2, 0.25) is 0 Å². The second-order valence-electron chi connectivity index (χ2n) is 4.33. The summed E-state index contributed by atoms with van der Waals surface area (Å²) >= 11 is 0.996. The Morgan fingerprint density at radius 1 is 1.38 bits per heavy atom. The van der Waals surface area contributed by atoms with Crippen LogP contribution in [0.25, 0.3) is 0 Å². The van der Waals surface area contributed by atoms with Gasteiger partial charge in [0.05, 0.1) is 16.6 Å². The third-order valence-electron chi connectivity index (χ3n) is 2.82. The second-order valence-corrected chi connectivity index (χ2v) is 5.22. The fourth-order valence-corrected chi connectivity index (χ4v) is 2.56. The molecule has 0 bridgehead atoms. The van der Waals surface area contributed by atoms with Crippen molar-refractivity contribution >= 4 is 16.3 Å². The lowest BCUT2D eigenvalue weighted by atomic mass is 10.1. The van der Waals surface area contributed by atoms with Crippen molar-refractivity contribution in [2.45, 2.75) is 12.6 Å². The highest BCUT2D eigenvalue weighted by Crippen LogP contribution is 2.23. The number of benzene rings is 1. The summed E-state index contributed by atoms with van der Waals surface area (Å²) in [6, 6.07) is 4.78. The van der Waals surface area contributed by atoms with Gasteiger partial charge in [0.25, 0.3) is 0 Å². The maximum atomic E-state index is 13.4. The van der Waals surface area contributed by atoms with Gasteiger partial charge in [0, 0.05) is 24.5 Å². The van der Waals surface area contributed by atoms with Gasteiger partial charge in [-0.25, -0.2) is 8.78 Å². The predicted molar refractivity (Wildman–Crippen MR) is 74.0 cm³/mol. The van der Waals surface area contributed by atoms with Gasteiger partial charge in [-0.2, -0.15) is 0 Å². The highest BCUT2D eigenvalue weighted by Gasteiger charge is 2.17. The number of hydrogen-bond acceptors (Lipinski definition) is 5. The molecule has 0 saturated carbocycles. The Bertz CT molecular complexity index is 628. The molecule has 0 aliphatic heterocycles. The third-order valence-corrected chi connectivity index (χ3v) is 3.75. The lowest BCUT2D eigenvalue weighted by molar-refractivity contribution is -0.380. The molecule has 21 heavy (non-hydrogen) atoms. The smallest absolute Gasteiger partial charge is 0.324 e. The van der Waals surface area contributed by atoms with Crippen molar-refractivity contribution in [1.82, 2.24) is 5.32 Å². The van der Waals surface area contributed by atoms with Gasteiger partial charge in [0.15, 0.2) is 0 Å². The summed E-state index contributed by atoms with van der Waals surface area (Å²) in [6.07, 6.45) is -1.33. The van der Waals surface area contributed by atoms with Crippen LogP contribution >= 0.6 is 11.3 Å². The summed E-state index contributed by atoms with van der Waals surface area (Å²) in [4.78, 5) is 10.0. The third kappa shape index (κ3) is 3.81. The minimum absolute atomic E-state index is 0.0208. The summed E-state index contributed by atoms with van der Waals surface area (Å²) in [5, 5.41) is 24.8. The predicted octanol–water partition coefficient (Wildman–Crippen LogP) is 2.76. The second kappa shape index (κ2) is 6.70. The molecule has 8 heteroatoms. The zero-order valence-electron chi connectivity index (χ0n) is 10.8. The fraction of sp³-hybridized carbons (Fsp3) is 0.231. The zero-order valence-corrected chi connectivity index (χ0v) is 11.6. The molecule has 5 nitrogen and oxygen atoms in total. The van der Waals surface area contributed by atoms with E-state index in [-0.39, 0.29) is 23.7 Å². The normalized spacial score (nSPS) is 12.3. The molecule has 0 saturated heterocycles. The molecule has 0 fully saturated rings. The highest BCUT2D eigenvalue weighted by atomic mass is 32.1. The standard InChI is InChI=1S/C13H12F2N2O3S/c14-9-2-1-3-10(15)13(9)11(18)6-16-5-8-4-12(17(19)20)21-7-8/h1-4,7,11,16,18H,5-6H2. The van der Waals surface area contributed by atoms with Gasteiger partial charge < -0.3 is 10.4 Å². The van der Waals surface area contributed by atoms with Crippen LogP contribution in [-0.4, -0.2) is 16.6 Å². The quantitative estimate of drug-likeness (QED) is 0.635. The van der Waals surface area contributed by atoms with Crippen molar-refractivity contribution in [2.24, 2.45) is 0 Å². The molecule has 0 radical (unpaired) electrons. The molecule has 1 aromatic heterocycles. The van der Waals surface area contributed by atoms with Crippen LogP contribution in [0.1, 0.15) is 17.2 Å². The molecular weight excluding hydrogens is 302 g/mol.